The van der Waals surface area contributed by atoms with Gasteiger partial charge in [0.2, 0.25) is 0 Å². The van der Waals surface area contributed by atoms with Gasteiger partial charge in [-0.3, -0.25) is 9.89 Å². The molecule has 1 heterocycles. The Labute approximate surface area is 193 Å². The number of nitrogens with one attached hydrogen (secondary N) is 2. The fourth-order valence-corrected chi connectivity index (χ4v) is 4.97. The van der Waals surface area contributed by atoms with Gasteiger partial charge in [0.25, 0.3) is 0 Å². The lowest BCUT2D eigenvalue weighted by Crippen LogP contribution is -2.44. The quantitative estimate of drug-likeness (QED) is 0.474. The van der Waals surface area contributed by atoms with E-state index in [1.807, 2.05) is 7.05 Å². The molecule has 0 amide bonds. The van der Waals surface area contributed by atoms with Crippen LogP contribution >= 0.6 is 0 Å². The molecule has 32 heavy (non-hydrogen) atoms. The van der Waals surface area contributed by atoms with E-state index in [1.165, 1.54) is 42.4 Å². The van der Waals surface area contributed by atoms with Crippen molar-refractivity contribution in [2.24, 2.45) is 4.99 Å². The summed E-state index contributed by atoms with van der Waals surface area (Å²) in [6.07, 6.45) is 6.50. The molecule has 0 radical (unpaired) electrons. The first-order valence-electron chi connectivity index (χ1n) is 12.2. The van der Waals surface area contributed by atoms with Gasteiger partial charge in [-0.15, -0.1) is 0 Å². The molecule has 5 nitrogen and oxygen atoms in total. The highest BCUT2D eigenvalue weighted by Gasteiger charge is 2.23. The van der Waals surface area contributed by atoms with Gasteiger partial charge < -0.3 is 15.7 Å². The highest BCUT2D eigenvalue weighted by Crippen LogP contribution is 2.32. The Hall–Kier alpha value is -2.37. The number of benzene rings is 2. The first-order valence-corrected chi connectivity index (χ1v) is 12.2. The average Bonchev–Trinajstić information content (AvgIpc) is 2.85. The number of aliphatic hydroxyl groups is 1. The second-order valence-electron chi connectivity index (χ2n) is 9.35. The van der Waals surface area contributed by atoms with Gasteiger partial charge in [-0.05, 0) is 61.1 Å². The Balaban J connectivity index is 1.19. The Morgan fingerprint density at radius 1 is 0.906 bits per heavy atom. The van der Waals surface area contributed by atoms with Crippen molar-refractivity contribution < 1.29 is 5.11 Å². The van der Waals surface area contributed by atoms with Crippen LogP contribution in [0.25, 0.3) is 0 Å². The van der Waals surface area contributed by atoms with Crippen LogP contribution in [0.3, 0.4) is 0 Å². The van der Waals surface area contributed by atoms with Crippen molar-refractivity contribution in [2.45, 2.75) is 69.7 Å². The van der Waals surface area contributed by atoms with Crippen molar-refractivity contribution in [2.75, 3.05) is 20.1 Å². The zero-order chi connectivity index (χ0) is 22.2. The smallest absolute Gasteiger partial charge is 0.191 e. The van der Waals surface area contributed by atoms with Gasteiger partial charge in [0.15, 0.2) is 5.96 Å². The lowest BCUT2D eigenvalue weighted by Gasteiger charge is -2.30. The minimum absolute atomic E-state index is 0.110. The van der Waals surface area contributed by atoms with E-state index in [9.17, 15) is 5.11 Å². The summed E-state index contributed by atoms with van der Waals surface area (Å²) in [6.45, 7) is 3.71. The summed E-state index contributed by atoms with van der Waals surface area (Å²) in [7, 11) is 1.85. The SMILES string of the molecule is CN=C(NCc1ccc(CN2CCC(O)CC2)cc1)NC1CCC(c2ccccc2)CC1. The third-order valence-electron chi connectivity index (χ3n) is 7.01. The van der Waals surface area contributed by atoms with E-state index >= 15 is 0 Å². The van der Waals surface area contributed by atoms with Gasteiger partial charge in [-0.25, -0.2) is 0 Å². The maximum atomic E-state index is 9.67. The molecule has 0 unspecified atom stereocenters. The summed E-state index contributed by atoms with van der Waals surface area (Å²) >= 11 is 0. The maximum Gasteiger partial charge on any atom is 0.191 e. The van der Waals surface area contributed by atoms with Crippen molar-refractivity contribution in [3.05, 3.63) is 71.3 Å². The molecule has 1 aliphatic heterocycles. The Kier molecular flexibility index (Phi) is 8.18. The van der Waals surface area contributed by atoms with Gasteiger partial charge in [-0.2, -0.15) is 0 Å². The van der Waals surface area contributed by atoms with Gasteiger partial charge in [0.1, 0.15) is 0 Å². The molecule has 2 aromatic rings. The molecule has 2 aliphatic rings. The number of hydrogen-bond acceptors (Lipinski definition) is 3. The summed E-state index contributed by atoms with van der Waals surface area (Å²) in [5, 5.41) is 16.8. The molecular formula is C27H38N4O. The molecule has 0 bridgehead atoms. The van der Waals surface area contributed by atoms with Crippen LogP contribution in [0.4, 0.5) is 0 Å². The van der Waals surface area contributed by atoms with Gasteiger partial charge in [0.05, 0.1) is 6.10 Å². The lowest BCUT2D eigenvalue weighted by molar-refractivity contribution is 0.0792. The minimum Gasteiger partial charge on any atom is -0.393 e. The summed E-state index contributed by atoms with van der Waals surface area (Å²) in [5.41, 5.74) is 4.08. The highest BCUT2D eigenvalue weighted by atomic mass is 16.3. The second kappa shape index (κ2) is 11.5. The highest BCUT2D eigenvalue weighted by molar-refractivity contribution is 5.79. The van der Waals surface area contributed by atoms with E-state index in [-0.39, 0.29) is 6.10 Å². The van der Waals surface area contributed by atoms with Crippen LogP contribution in [0.15, 0.2) is 59.6 Å². The van der Waals surface area contributed by atoms with E-state index in [1.54, 1.807) is 0 Å². The van der Waals surface area contributed by atoms with Crippen LogP contribution in [-0.2, 0) is 13.1 Å². The van der Waals surface area contributed by atoms with Crippen molar-refractivity contribution in [1.82, 2.24) is 15.5 Å². The van der Waals surface area contributed by atoms with Crippen LogP contribution in [0.2, 0.25) is 0 Å². The van der Waals surface area contributed by atoms with Crippen LogP contribution in [0.1, 0.15) is 61.1 Å². The van der Waals surface area contributed by atoms with Crippen molar-refractivity contribution in [3.8, 4) is 0 Å². The first-order chi connectivity index (χ1) is 15.7. The number of aliphatic imine (C=N–C) groups is 1. The van der Waals surface area contributed by atoms with Gasteiger partial charge in [0, 0.05) is 39.3 Å². The number of likely N-dealkylation sites (tertiary alicyclic amines) is 1. The molecule has 0 aromatic heterocycles. The van der Waals surface area contributed by atoms with Crippen molar-refractivity contribution in [1.29, 1.82) is 0 Å². The number of rotatable bonds is 6. The number of guanidine groups is 1. The molecule has 172 valence electrons. The molecule has 0 spiro atoms. The molecule has 1 aliphatic carbocycles. The Bertz CT molecular complexity index is 836. The topological polar surface area (TPSA) is 59.9 Å². The van der Waals surface area contributed by atoms with Crippen LogP contribution in [-0.4, -0.2) is 48.2 Å². The van der Waals surface area contributed by atoms with Gasteiger partial charge in [-0.1, -0.05) is 54.6 Å². The molecule has 2 fully saturated rings. The molecule has 1 saturated carbocycles. The second-order valence-corrected chi connectivity index (χ2v) is 9.35. The van der Waals surface area contributed by atoms with Crippen LogP contribution in [0, 0.1) is 0 Å². The molecular weight excluding hydrogens is 396 g/mol. The third kappa shape index (κ3) is 6.57. The fourth-order valence-electron chi connectivity index (χ4n) is 4.97. The summed E-state index contributed by atoms with van der Waals surface area (Å²) in [4.78, 5) is 6.87. The largest absolute Gasteiger partial charge is 0.393 e. The van der Waals surface area contributed by atoms with E-state index in [0.29, 0.717) is 12.0 Å². The van der Waals surface area contributed by atoms with Crippen LogP contribution < -0.4 is 10.6 Å². The monoisotopic (exact) mass is 434 g/mol. The normalized spacial score (nSPS) is 23.1. The van der Waals surface area contributed by atoms with Crippen LogP contribution in [0.5, 0.6) is 0 Å². The summed E-state index contributed by atoms with van der Waals surface area (Å²) < 4.78 is 0. The van der Waals surface area contributed by atoms with Crippen molar-refractivity contribution >= 4 is 5.96 Å². The molecule has 2 aromatic carbocycles. The Morgan fingerprint density at radius 3 is 2.22 bits per heavy atom. The van der Waals surface area contributed by atoms with E-state index in [4.69, 9.17) is 0 Å². The summed E-state index contributed by atoms with van der Waals surface area (Å²) in [5.74, 6) is 1.59. The van der Waals surface area contributed by atoms with Gasteiger partial charge >= 0.3 is 0 Å². The maximum absolute atomic E-state index is 9.67. The zero-order valence-electron chi connectivity index (χ0n) is 19.3. The zero-order valence-corrected chi connectivity index (χ0v) is 19.3. The number of piperidine rings is 1. The molecule has 3 N–H and O–H groups in total. The number of hydrogen-bond donors (Lipinski definition) is 3. The predicted octanol–water partition coefficient (Wildman–Crippen LogP) is 4.03. The standard InChI is InChI=1S/C27H38N4O/c1-28-27(30-25-13-11-24(12-14-25)23-5-3-2-4-6-23)29-19-21-7-9-22(10-8-21)20-31-17-15-26(32)16-18-31/h2-10,24-26,32H,11-20H2,1H3,(H2,28,29,30). The van der Waals surface area contributed by atoms with E-state index in [2.05, 4.69) is 75.1 Å². The molecule has 0 atom stereocenters. The minimum atomic E-state index is -0.110. The number of aliphatic hydroxyl groups excluding tert-OH is 1. The van der Waals surface area contributed by atoms with E-state index in [0.717, 1.165) is 45.0 Å². The van der Waals surface area contributed by atoms with Crippen molar-refractivity contribution in [3.63, 3.8) is 0 Å². The summed E-state index contributed by atoms with van der Waals surface area (Å²) in [6, 6.07) is 20.3. The van der Waals surface area contributed by atoms with E-state index < -0.39 is 0 Å². The third-order valence-corrected chi connectivity index (χ3v) is 7.01. The number of nitrogens with zero attached hydrogens (tertiary/aromatic N) is 2. The molecule has 4 rings (SSSR count). The fraction of sp³-hybridized carbons (Fsp3) is 0.519. The lowest BCUT2D eigenvalue weighted by atomic mass is 9.82. The first kappa shape index (κ1) is 22.8. The Morgan fingerprint density at radius 2 is 1.56 bits per heavy atom. The average molecular weight is 435 g/mol. The predicted molar refractivity (Wildman–Crippen MR) is 132 cm³/mol. The molecule has 1 saturated heterocycles. The molecule has 5 heteroatoms.